The Kier molecular flexibility index (Phi) is 2.11. The molecule has 14 heavy (non-hydrogen) atoms. The second-order valence-corrected chi connectivity index (χ2v) is 5.20. The number of nitrogens with one attached hydrogen (secondary N) is 1. The maximum absolute atomic E-state index is 11.2. The monoisotopic (exact) mass is 274 g/mol. The van der Waals surface area contributed by atoms with Crippen LogP contribution in [-0.4, -0.2) is 14.1 Å². The summed E-state index contributed by atoms with van der Waals surface area (Å²) in [4.78, 5) is 0. The van der Waals surface area contributed by atoms with Crippen LogP contribution in [0.3, 0.4) is 0 Å². The summed E-state index contributed by atoms with van der Waals surface area (Å²) < 4.78 is 29.2. The molecule has 0 fully saturated rings. The van der Waals surface area contributed by atoms with Crippen molar-refractivity contribution in [3.63, 3.8) is 0 Å². The van der Waals surface area contributed by atoms with Gasteiger partial charge in [-0.1, -0.05) is 15.9 Å². The second kappa shape index (κ2) is 3.06. The summed E-state index contributed by atoms with van der Waals surface area (Å²) in [5, 5.41) is 0. The molecule has 6 heteroatoms. The lowest BCUT2D eigenvalue weighted by Crippen LogP contribution is -2.19. The van der Waals surface area contributed by atoms with Crippen LogP contribution in [0.15, 0.2) is 27.1 Å². The van der Waals surface area contributed by atoms with Gasteiger partial charge in [0.05, 0.1) is 11.4 Å². The fraction of sp³-hybridized carbons (Fsp3) is 0.125. The Morgan fingerprint density at radius 1 is 1.43 bits per heavy atom. The number of rotatable bonds is 0. The fourth-order valence-electron chi connectivity index (χ4n) is 1.30. The first kappa shape index (κ1) is 9.67. The van der Waals surface area contributed by atoms with E-state index in [1.807, 2.05) is 6.07 Å². The van der Waals surface area contributed by atoms with E-state index in [4.69, 9.17) is 0 Å². The van der Waals surface area contributed by atoms with Gasteiger partial charge in [0.25, 0.3) is 0 Å². The maximum Gasteiger partial charge on any atom is 0.342 e. The van der Waals surface area contributed by atoms with Crippen molar-refractivity contribution in [3.8, 4) is 0 Å². The van der Waals surface area contributed by atoms with Gasteiger partial charge in [-0.05, 0) is 25.1 Å². The highest BCUT2D eigenvalue weighted by atomic mass is 79.9. The van der Waals surface area contributed by atoms with Crippen molar-refractivity contribution < 1.29 is 8.42 Å². The maximum atomic E-state index is 11.2. The molecule has 0 bridgehead atoms. The van der Waals surface area contributed by atoms with Gasteiger partial charge in [0.15, 0.2) is 0 Å². The summed E-state index contributed by atoms with van der Waals surface area (Å²) in [5.74, 6) is 0. The lowest BCUT2D eigenvalue weighted by atomic mass is 10.1. The third-order valence-electron chi connectivity index (χ3n) is 1.87. The lowest BCUT2D eigenvalue weighted by molar-refractivity contribution is 0.602. The topological polar surface area (TPSA) is 58.5 Å². The van der Waals surface area contributed by atoms with E-state index in [0.717, 1.165) is 10.0 Å². The van der Waals surface area contributed by atoms with Gasteiger partial charge in [0.2, 0.25) is 0 Å². The molecule has 2 rings (SSSR count). The molecule has 1 aromatic rings. The van der Waals surface area contributed by atoms with Gasteiger partial charge in [-0.15, -0.1) is 4.40 Å². The number of benzene rings is 1. The third-order valence-corrected chi connectivity index (χ3v) is 3.35. The Morgan fingerprint density at radius 3 is 2.86 bits per heavy atom. The molecule has 1 aliphatic rings. The quantitative estimate of drug-likeness (QED) is 0.786. The van der Waals surface area contributed by atoms with Gasteiger partial charge >= 0.3 is 10.2 Å². The number of hydrogen-bond acceptors (Lipinski definition) is 2. The molecular weight excluding hydrogens is 268 g/mol. The van der Waals surface area contributed by atoms with Crippen molar-refractivity contribution in [2.24, 2.45) is 4.40 Å². The van der Waals surface area contributed by atoms with E-state index in [-0.39, 0.29) is 0 Å². The minimum atomic E-state index is -3.54. The Bertz CT molecular complexity index is 522. The summed E-state index contributed by atoms with van der Waals surface area (Å²) in [6.07, 6.45) is 0. The van der Waals surface area contributed by atoms with Crippen LogP contribution in [0, 0.1) is 0 Å². The van der Waals surface area contributed by atoms with Gasteiger partial charge in [0.1, 0.15) is 0 Å². The minimum absolute atomic E-state index is 0.500. The molecule has 1 heterocycles. The van der Waals surface area contributed by atoms with Crippen molar-refractivity contribution >= 4 is 37.5 Å². The first-order valence-electron chi connectivity index (χ1n) is 3.87. The summed E-state index contributed by atoms with van der Waals surface area (Å²) in [6, 6.07) is 5.31. The van der Waals surface area contributed by atoms with E-state index in [1.165, 1.54) is 0 Å². The fourth-order valence-corrected chi connectivity index (χ4v) is 2.62. The van der Waals surface area contributed by atoms with Crippen LogP contribution in [0.5, 0.6) is 0 Å². The van der Waals surface area contributed by atoms with Crippen LogP contribution in [0.2, 0.25) is 0 Å². The van der Waals surface area contributed by atoms with Crippen LogP contribution >= 0.6 is 15.9 Å². The highest BCUT2D eigenvalue weighted by molar-refractivity contribution is 9.10. The first-order valence-corrected chi connectivity index (χ1v) is 6.10. The number of nitrogens with zero attached hydrogens (tertiary/aromatic N) is 1. The molecule has 0 unspecified atom stereocenters. The van der Waals surface area contributed by atoms with E-state index in [2.05, 4.69) is 25.0 Å². The molecule has 0 saturated heterocycles. The van der Waals surface area contributed by atoms with Crippen LogP contribution in [0.1, 0.15) is 12.5 Å². The van der Waals surface area contributed by atoms with Crippen molar-refractivity contribution in [1.82, 2.24) is 0 Å². The van der Waals surface area contributed by atoms with E-state index < -0.39 is 10.2 Å². The van der Waals surface area contributed by atoms with E-state index in [9.17, 15) is 8.42 Å². The van der Waals surface area contributed by atoms with E-state index >= 15 is 0 Å². The number of fused-ring (bicyclic) bond motifs is 1. The molecule has 1 aromatic carbocycles. The molecule has 0 aromatic heterocycles. The normalized spacial score (nSPS) is 18.0. The van der Waals surface area contributed by atoms with Crippen molar-refractivity contribution in [3.05, 3.63) is 28.2 Å². The van der Waals surface area contributed by atoms with Gasteiger partial charge in [-0.3, -0.25) is 4.72 Å². The standard InChI is InChI=1S/C8H7BrN2O2S/c1-5-7-4-6(9)2-3-8(7)11-14(12,13)10-5/h2-4,11H,1H3. The summed E-state index contributed by atoms with van der Waals surface area (Å²) in [6.45, 7) is 1.67. The Balaban J connectivity index is 2.68. The van der Waals surface area contributed by atoms with Crippen LogP contribution in [0.25, 0.3) is 0 Å². The largest absolute Gasteiger partial charge is 0.342 e. The average molecular weight is 275 g/mol. The van der Waals surface area contributed by atoms with Crippen molar-refractivity contribution in [1.29, 1.82) is 0 Å². The SMILES string of the molecule is CC1=NS(=O)(=O)Nc2ccc(Br)cc21. The van der Waals surface area contributed by atoms with Gasteiger partial charge in [0, 0.05) is 10.0 Å². The molecule has 1 N–H and O–H groups in total. The lowest BCUT2D eigenvalue weighted by Gasteiger charge is -2.15. The van der Waals surface area contributed by atoms with Crippen molar-refractivity contribution in [2.75, 3.05) is 4.72 Å². The minimum Gasteiger partial charge on any atom is -0.264 e. The number of halogens is 1. The van der Waals surface area contributed by atoms with Crippen LogP contribution in [-0.2, 0) is 10.2 Å². The molecule has 1 aliphatic heterocycles. The predicted octanol–water partition coefficient (Wildman–Crippen LogP) is 1.93. The predicted molar refractivity (Wildman–Crippen MR) is 58.9 cm³/mol. The Morgan fingerprint density at radius 2 is 2.14 bits per heavy atom. The molecular formula is C8H7BrN2O2S. The molecule has 4 nitrogen and oxygen atoms in total. The molecule has 74 valence electrons. The van der Waals surface area contributed by atoms with E-state index in [1.54, 1.807) is 19.1 Å². The zero-order chi connectivity index (χ0) is 10.3. The van der Waals surface area contributed by atoms with Gasteiger partial charge < -0.3 is 0 Å². The van der Waals surface area contributed by atoms with Crippen molar-refractivity contribution in [2.45, 2.75) is 6.92 Å². The van der Waals surface area contributed by atoms with E-state index in [0.29, 0.717) is 11.4 Å². The number of anilines is 1. The van der Waals surface area contributed by atoms with Gasteiger partial charge in [-0.2, -0.15) is 8.42 Å². The summed E-state index contributed by atoms with van der Waals surface area (Å²) >= 11 is 3.31. The highest BCUT2D eigenvalue weighted by Gasteiger charge is 2.19. The third kappa shape index (κ3) is 1.67. The molecule has 0 atom stereocenters. The highest BCUT2D eigenvalue weighted by Crippen LogP contribution is 2.26. The molecule has 0 spiro atoms. The molecule has 0 radical (unpaired) electrons. The summed E-state index contributed by atoms with van der Waals surface area (Å²) in [5.41, 5.74) is 1.87. The number of hydrogen-bond donors (Lipinski definition) is 1. The van der Waals surface area contributed by atoms with Crippen LogP contribution < -0.4 is 4.72 Å². The zero-order valence-electron chi connectivity index (χ0n) is 7.28. The Hall–Kier alpha value is -0.880. The second-order valence-electron chi connectivity index (χ2n) is 2.94. The average Bonchev–Trinajstić information content (AvgIpc) is 2.05. The Labute approximate surface area is 90.4 Å². The zero-order valence-corrected chi connectivity index (χ0v) is 9.68. The molecule has 0 aliphatic carbocycles. The molecule has 0 saturated carbocycles. The van der Waals surface area contributed by atoms with Crippen LogP contribution in [0.4, 0.5) is 5.69 Å². The molecule has 0 amide bonds. The smallest absolute Gasteiger partial charge is 0.264 e. The summed E-state index contributed by atoms with van der Waals surface area (Å²) in [7, 11) is -3.54. The first-order chi connectivity index (χ1) is 6.48. The van der Waals surface area contributed by atoms with Gasteiger partial charge in [-0.25, -0.2) is 0 Å².